The van der Waals surface area contributed by atoms with Crippen LogP contribution in [0.2, 0.25) is 0 Å². The minimum atomic E-state index is -0.323. The summed E-state index contributed by atoms with van der Waals surface area (Å²) >= 11 is 1.48. The summed E-state index contributed by atoms with van der Waals surface area (Å²) in [4.78, 5) is 12.6. The van der Waals surface area contributed by atoms with E-state index in [0.29, 0.717) is 5.17 Å². The number of hydrazone groups is 1. The fourth-order valence-corrected chi connectivity index (χ4v) is 4.02. The van der Waals surface area contributed by atoms with E-state index in [0.717, 1.165) is 24.1 Å². The molecule has 1 unspecified atom stereocenters. The Labute approximate surface area is 128 Å². The van der Waals surface area contributed by atoms with E-state index in [2.05, 4.69) is 16.7 Å². The normalized spacial score (nSPS) is 25.8. The molecule has 0 saturated heterocycles. The van der Waals surface area contributed by atoms with Crippen molar-refractivity contribution in [3.8, 4) is 0 Å². The maximum atomic E-state index is 12.6. The molecule has 1 atom stereocenters. The first kappa shape index (κ1) is 13.0. The summed E-state index contributed by atoms with van der Waals surface area (Å²) in [5.74, 6) is 0.0228. The SMILES string of the molecule is CSC1=NN2C(C(=O)N1)c1ccccc1NC21CCCC1. The Bertz CT molecular complexity index is 624. The van der Waals surface area contributed by atoms with Gasteiger partial charge in [0, 0.05) is 11.3 Å². The first-order valence-corrected chi connectivity index (χ1v) is 8.56. The molecule has 0 bridgehead atoms. The second-order valence-corrected chi connectivity index (χ2v) is 6.59. The van der Waals surface area contributed by atoms with Crippen molar-refractivity contribution in [1.29, 1.82) is 0 Å². The Balaban J connectivity index is 1.88. The molecule has 2 heterocycles. The molecule has 1 spiro atoms. The van der Waals surface area contributed by atoms with Crippen LogP contribution in [0.5, 0.6) is 0 Å². The molecule has 4 rings (SSSR count). The number of amides is 1. The fraction of sp³-hybridized carbons (Fsp3) is 0.467. The van der Waals surface area contributed by atoms with Crippen LogP contribution in [0.15, 0.2) is 29.4 Å². The zero-order valence-corrected chi connectivity index (χ0v) is 12.7. The van der Waals surface area contributed by atoms with E-state index in [-0.39, 0.29) is 17.6 Å². The Kier molecular flexibility index (Phi) is 2.89. The maximum absolute atomic E-state index is 12.6. The van der Waals surface area contributed by atoms with Gasteiger partial charge < -0.3 is 10.6 Å². The number of nitrogens with one attached hydrogen (secondary N) is 2. The van der Waals surface area contributed by atoms with Crippen LogP contribution in [0.25, 0.3) is 0 Å². The second-order valence-electron chi connectivity index (χ2n) is 5.80. The summed E-state index contributed by atoms with van der Waals surface area (Å²) in [7, 11) is 0. The van der Waals surface area contributed by atoms with Crippen molar-refractivity contribution in [3.63, 3.8) is 0 Å². The molecule has 2 aliphatic heterocycles. The molecule has 1 aromatic carbocycles. The van der Waals surface area contributed by atoms with E-state index in [1.54, 1.807) is 0 Å². The Morgan fingerprint density at radius 2 is 2.10 bits per heavy atom. The van der Waals surface area contributed by atoms with Gasteiger partial charge in [-0.25, -0.2) is 0 Å². The number of para-hydroxylation sites is 1. The van der Waals surface area contributed by atoms with Crippen molar-refractivity contribution >= 4 is 28.5 Å². The number of hydrogen-bond donors (Lipinski definition) is 2. The number of nitrogens with zero attached hydrogens (tertiary/aromatic N) is 2. The summed E-state index contributed by atoms with van der Waals surface area (Å²) in [6.07, 6.45) is 6.33. The molecule has 6 heteroatoms. The van der Waals surface area contributed by atoms with E-state index >= 15 is 0 Å². The zero-order chi connectivity index (χ0) is 14.4. The minimum absolute atomic E-state index is 0.0228. The molecule has 5 nitrogen and oxygen atoms in total. The Morgan fingerprint density at radius 3 is 2.86 bits per heavy atom. The molecule has 1 aromatic rings. The van der Waals surface area contributed by atoms with Gasteiger partial charge in [0.1, 0.15) is 5.66 Å². The van der Waals surface area contributed by atoms with Gasteiger partial charge in [0.2, 0.25) is 0 Å². The molecule has 2 N–H and O–H groups in total. The van der Waals surface area contributed by atoms with Crippen molar-refractivity contribution in [2.45, 2.75) is 37.4 Å². The first-order chi connectivity index (χ1) is 10.2. The number of fused-ring (bicyclic) bond motifs is 4. The van der Waals surface area contributed by atoms with Crippen LogP contribution in [0.3, 0.4) is 0 Å². The molecule has 3 aliphatic rings. The van der Waals surface area contributed by atoms with Crippen molar-refractivity contribution in [2.75, 3.05) is 11.6 Å². The predicted molar refractivity (Wildman–Crippen MR) is 84.9 cm³/mol. The van der Waals surface area contributed by atoms with E-state index in [4.69, 9.17) is 5.10 Å². The largest absolute Gasteiger partial charge is 0.361 e. The number of thioether (sulfide) groups is 1. The smallest absolute Gasteiger partial charge is 0.255 e. The number of amidine groups is 1. The number of benzene rings is 1. The lowest BCUT2D eigenvalue weighted by molar-refractivity contribution is -0.129. The van der Waals surface area contributed by atoms with Crippen LogP contribution in [-0.2, 0) is 4.79 Å². The Morgan fingerprint density at radius 1 is 1.33 bits per heavy atom. The van der Waals surface area contributed by atoms with Crippen molar-refractivity contribution in [3.05, 3.63) is 29.8 Å². The maximum Gasteiger partial charge on any atom is 0.255 e. The van der Waals surface area contributed by atoms with Gasteiger partial charge in [-0.1, -0.05) is 30.0 Å². The molecule has 1 amide bonds. The van der Waals surface area contributed by atoms with Crippen LogP contribution in [0.4, 0.5) is 5.69 Å². The van der Waals surface area contributed by atoms with Crippen molar-refractivity contribution in [1.82, 2.24) is 10.3 Å². The average Bonchev–Trinajstić information content (AvgIpc) is 2.96. The molecular weight excluding hydrogens is 284 g/mol. The van der Waals surface area contributed by atoms with Crippen LogP contribution in [0.1, 0.15) is 37.3 Å². The van der Waals surface area contributed by atoms with Gasteiger partial charge in [0.25, 0.3) is 5.91 Å². The Hall–Kier alpha value is -1.69. The topological polar surface area (TPSA) is 56.7 Å². The molecule has 0 radical (unpaired) electrons. The highest BCUT2D eigenvalue weighted by molar-refractivity contribution is 8.13. The summed E-state index contributed by atoms with van der Waals surface area (Å²) < 4.78 is 0. The highest BCUT2D eigenvalue weighted by Gasteiger charge is 2.51. The van der Waals surface area contributed by atoms with Crippen LogP contribution in [-0.4, -0.2) is 28.0 Å². The quantitative estimate of drug-likeness (QED) is 0.773. The summed E-state index contributed by atoms with van der Waals surface area (Å²) in [5, 5.41) is 14.0. The predicted octanol–water partition coefficient (Wildman–Crippen LogP) is 2.49. The number of anilines is 1. The third-order valence-corrected chi connectivity index (χ3v) is 5.18. The highest BCUT2D eigenvalue weighted by atomic mass is 32.2. The summed E-state index contributed by atoms with van der Waals surface area (Å²) in [6.45, 7) is 0. The van der Waals surface area contributed by atoms with Crippen LogP contribution in [0, 0.1) is 0 Å². The van der Waals surface area contributed by atoms with E-state index in [1.165, 1.54) is 24.6 Å². The standard InChI is InChI=1S/C15H18N4OS/c1-21-14-16-13(20)12-10-6-2-3-7-11(10)17-15(19(12)18-14)8-4-5-9-15/h2-3,6-7,12,17H,4-5,8-9H2,1H3,(H,16,18,20). The van der Waals surface area contributed by atoms with Crippen molar-refractivity contribution in [2.24, 2.45) is 5.10 Å². The highest BCUT2D eigenvalue weighted by Crippen LogP contribution is 2.47. The first-order valence-electron chi connectivity index (χ1n) is 7.33. The number of carbonyl (C=O) groups excluding carboxylic acids is 1. The zero-order valence-electron chi connectivity index (χ0n) is 11.9. The number of carbonyl (C=O) groups is 1. The third kappa shape index (κ3) is 1.85. The monoisotopic (exact) mass is 302 g/mol. The lowest BCUT2D eigenvalue weighted by Crippen LogP contribution is -2.60. The lowest BCUT2D eigenvalue weighted by Gasteiger charge is -2.50. The van der Waals surface area contributed by atoms with Gasteiger partial charge in [-0.2, -0.15) is 0 Å². The van der Waals surface area contributed by atoms with Crippen molar-refractivity contribution < 1.29 is 4.79 Å². The van der Waals surface area contributed by atoms with E-state index < -0.39 is 0 Å². The van der Waals surface area contributed by atoms with E-state index in [9.17, 15) is 4.79 Å². The van der Waals surface area contributed by atoms with Crippen LogP contribution >= 0.6 is 11.8 Å². The molecule has 1 aliphatic carbocycles. The lowest BCUT2D eigenvalue weighted by atomic mass is 9.93. The minimum Gasteiger partial charge on any atom is -0.361 e. The van der Waals surface area contributed by atoms with Gasteiger partial charge in [0.05, 0.1) is 0 Å². The van der Waals surface area contributed by atoms with Gasteiger partial charge in [-0.3, -0.25) is 9.80 Å². The number of hydrogen-bond acceptors (Lipinski definition) is 5. The molecule has 110 valence electrons. The summed E-state index contributed by atoms with van der Waals surface area (Å²) in [6, 6.07) is 7.75. The van der Waals surface area contributed by atoms with Gasteiger partial charge in [-0.05, 0) is 38.0 Å². The fourth-order valence-electron chi connectivity index (χ4n) is 3.64. The van der Waals surface area contributed by atoms with Crippen LogP contribution < -0.4 is 10.6 Å². The molecule has 21 heavy (non-hydrogen) atoms. The summed E-state index contributed by atoms with van der Waals surface area (Å²) in [5.41, 5.74) is 1.87. The van der Waals surface area contributed by atoms with Gasteiger partial charge >= 0.3 is 0 Å². The average molecular weight is 302 g/mol. The second kappa shape index (κ2) is 4.66. The number of rotatable bonds is 0. The molecule has 1 fully saturated rings. The van der Waals surface area contributed by atoms with Gasteiger partial charge in [-0.15, -0.1) is 5.10 Å². The third-order valence-electron chi connectivity index (χ3n) is 4.61. The molecular formula is C15H18N4OS. The van der Waals surface area contributed by atoms with E-state index in [1.807, 2.05) is 29.5 Å². The molecule has 0 aromatic heterocycles. The molecule has 1 saturated carbocycles. The van der Waals surface area contributed by atoms with Gasteiger partial charge in [0.15, 0.2) is 11.2 Å².